The maximum atomic E-state index is 14.9. The van der Waals surface area contributed by atoms with Gasteiger partial charge in [-0.3, -0.25) is 0 Å². The molecule has 1 aliphatic rings. The lowest BCUT2D eigenvalue weighted by atomic mass is 9.95. The van der Waals surface area contributed by atoms with E-state index in [0.29, 0.717) is 0 Å². The van der Waals surface area contributed by atoms with Gasteiger partial charge >= 0.3 is 17.9 Å². The summed E-state index contributed by atoms with van der Waals surface area (Å²) in [7, 11) is 0. The van der Waals surface area contributed by atoms with Crippen molar-refractivity contribution in [3.05, 3.63) is 33.5 Å². The van der Waals surface area contributed by atoms with Gasteiger partial charge in [-0.05, 0) is 28.6 Å². The van der Waals surface area contributed by atoms with Crippen LogP contribution >= 0.6 is 22.9 Å². The number of imidazole rings is 1. The number of anilines is 1. The summed E-state index contributed by atoms with van der Waals surface area (Å²) in [6.07, 6.45) is -5.86. The molecule has 0 aromatic carbocycles. The van der Waals surface area contributed by atoms with E-state index in [2.05, 4.69) is 15.0 Å². The van der Waals surface area contributed by atoms with E-state index in [-0.39, 0.29) is 39.3 Å². The van der Waals surface area contributed by atoms with Gasteiger partial charge in [0, 0.05) is 6.42 Å². The molecule has 4 atom stereocenters. The normalized spacial score (nSPS) is 21.9. The van der Waals surface area contributed by atoms with Crippen molar-refractivity contribution in [1.82, 2.24) is 19.5 Å². The SMILES string of the molecule is Nc1nc(Cl)nc2c1ncn2CC1O[C@H](COC(Cc2csc(C(=O)O)c2)(C(=O)O)C(=O)O)[C@@H](O)[C@@H]1F. The number of alkyl halides is 1. The Hall–Kier alpha value is -3.44. The number of nitrogens with two attached hydrogens (primary N) is 1. The average Bonchev–Trinajstić information content (AvgIpc) is 3.52. The Morgan fingerprint density at radius 3 is 2.57 bits per heavy atom. The lowest BCUT2D eigenvalue weighted by Gasteiger charge is -2.27. The molecule has 3 aromatic rings. The van der Waals surface area contributed by atoms with Crippen molar-refractivity contribution >= 4 is 57.8 Å². The molecule has 0 amide bonds. The first-order valence-electron chi connectivity index (χ1n) is 10.5. The molecule has 6 N–H and O–H groups in total. The topological polar surface area (TPSA) is 220 Å². The molecule has 4 heterocycles. The molecule has 0 spiro atoms. The molecule has 37 heavy (non-hydrogen) atoms. The number of ether oxygens (including phenoxy) is 2. The van der Waals surface area contributed by atoms with Crippen LogP contribution in [-0.2, 0) is 32.0 Å². The lowest BCUT2D eigenvalue weighted by Crippen LogP contribution is -2.52. The zero-order chi connectivity index (χ0) is 27.1. The van der Waals surface area contributed by atoms with E-state index in [1.54, 1.807) is 0 Å². The van der Waals surface area contributed by atoms with E-state index in [0.717, 1.165) is 17.4 Å². The fourth-order valence-corrected chi connectivity index (χ4v) is 4.78. The number of carboxylic acid groups (broad SMARTS) is 3. The first-order chi connectivity index (χ1) is 17.4. The van der Waals surface area contributed by atoms with Crippen LogP contribution in [0.3, 0.4) is 0 Å². The smallest absolute Gasteiger partial charge is 0.348 e. The van der Waals surface area contributed by atoms with Gasteiger partial charge in [0.25, 0.3) is 5.60 Å². The molecule has 0 bridgehead atoms. The summed E-state index contributed by atoms with van der Waals surface area (Å²) in [5.41, 5.74) is 3.40. The number of nitrogen functional groups attached to an aromatic ring is 1. The summed E-state index contributed by atoms with van der Waals surface area (Å²) >= 11 is 6.61. The van der Waals surface area contributed by atoms with Crippen molar-refractivity contribution in [3.8, 4) is 0 Å². The monoisotopic (exact) mass is 559 g/mol. The molecule has 4 rings (SSSR count). The lowest BCUT2D eigenvalue weighted by molar-refractivity contribution is -0.189. The molecule has 17 heteroatoms. The number of fused-ring (bicyclic) bond motifs is 1. The minimum Gasteiger partial charge on any atom is -0.479 e. The van der Waals surface area contributed by atoms with Crippen LogP contribution in [0.1, 0.15) is 15.2 Å². The minimum atomic E-state index is -2.85. The first-order valence-corrected chi connectivity index (χ1v) is 11.7. The van der Waals surface area contributed by atoms with Gasteiger partial charge in [-0.2, -0.15) is 9.97 Å². The molecule has 0 aliphatic carbocycles. The summed E-state index contributed by atoms with van der Waals surface area (Å²) in [4.78, 5) is 46.8. The number of halogens is 2. The molecule has 14 nitrogen and oxygen atoms in total. The Morgan fingerprint density at radius 1 is 1.24 bits per heavy atom. The van der Waals surface area contributed by atoms with Crippen LogP contribution in [-0.4, -0.2) is 94.5 Å². The molecule has 1 unspecified atom stereocenters. The summed E-state index contributed by atoms with van der Waals surface area (Å²) in [5.74, 6) is -5.01. The van der Waals surface area contributed by atoms with E-state index in [1.165, 1.54) is 16.3 Å². The van der Waals surface area contributed by atoms with Gasteiger partial charge in [0.05, 0.1) is 19.5 Å². The van der Waals surface area contributed by atoms with Crippen LogP contribution in [0, 0.1) is 0 Å². The van der Waals surface area contributed by atoms with Gasteiger partial charge in [-0.15, -0.1) is 11.3 Å². The molecule has 198 valence electrons. The van der Waals surface area contributed by atoms with E-state index >= 15 is 0 Å². The van der Waals surface area contributed by atoms with Gasteiger partial charge in [0.2, 0.25) is 5.28 Å². The number of carbonyl (C=O) groups is 3. The zero-order valence-electron chi connectivity index (χ0n) is 18.5. The van der Waals surface area contributed by atoms with Crippen LogP contribution in [0.4, 0.5) is 10.2 Å². The summed E-state index contributed by atoms with van der Waals surface area (Å²) in [5, 5.41) is 39.9. The van der Waals surface area contributed by atoms with Gasteiger partial charge in [0.1, 0.15) is 28.7 Å². The van der Waals surface area contributed by atoms with Crippen molar-refractivity contribution < 1.29 is 48.7 Å². The zero-order valence-corrected chi connectivity index (χ0v) is 20.1. The van der Waals surface area contributed by atoms with Crippen molar-refractivity contribution in [1.29, 1.82) is 0 Å². The van der Waals surface area contributed by atoms with E-state index in [4.69, 9.17) is 31.9 Å². The Labute approximate surface area is 215 Å². The number of thiophene rings is 1. The Kier molecular flexibility index (Phi) is 7.29. The van der Waals surface area contributed by atoms with E-state index in [1.807, 2.05) is 0 Å². The third kappa shape index (κ3) is 5.05. The third-order valence-corrected chi connectivity index (χ3v) is 6.89. The highest BCUT2D eigenvalue weighted by molar-refractivity contribution is 7.12. The quantitative estimate of drug-likeness (QED) is 0.168. The highest BCUT2D eigenvalue weighted by atomic mass is 35.5. The maximum absolute atomic E-state index is 14.9. The summed E-state index contributed by atoms with van der Waals surface area (Å²) in [6, 6.07) is 1.13. The third-order valence-electron chi connectivity index (χ3n) is 5.75. The van der Waals surface area contributed by atoms with E-state index < -0.39 is 61.0 Å². The number of hydrogen-bond donors (Lipinski definition) is 5. The fraction of sp³-hybridized carbons (Fsp3) is 0.400. The van der Waals surface area contributed by atoms with Crippen LogP contribution in [0.15, 0.2) is 17.8 Å². The second-order valence-corrected chi connectivity index (χ2v) is 9.39. The molecule has 0 saturated carbocycles. The number of aromatic nitrogens is 4. The average molecular weight is 560 g/mol. The summed E-state index contributed by atoms with van der Waals surface area (Å²) in [6.45, 7) is -0.994. The number of aromatic carboxylic acids is 1. The number of aliphatic hydroxyl groups excluding tert-OH is 1. The molecule has 1 aliphatic heterocycles. The molecule has 1 fully saturated rings. The largest absolute Gasteiger partial charge is 0.479 e. The molecule has 3 aromatic heterocycles. The van der Waals surface area contributed by atoms with Crippen molar-refractivity contribution in [3.63, 3.8) is 0 Å². The van der Waals surface area contributed by atoms with Crippen LogP contribution in [0.5, 0.6) is 0 Å². The maximum Gasteiger partial charge on any atom is 0.348 e. The molecule has 0 radical (unpaired) electrons. The number of carboxylic acids is 3. The fourth-order valence-electron chi connectivity index (χ4n) is 3.86. The van der Waals surface area contributed by atoms with Gasteiger partial charge < -0.3 is 40.2 Å². The Bertz CT molecular complexity index is 1350. The predicted octanol–water partition coefficient (Wildman–Crippen LogP) is 0.455. The van der Waals surface area contributed by atoms with Crippen LogP contribution in [0.2, 0.25) is 5.28 Å². The van der Waals surface area contributed by atoms with Gasteiger partial charge in [0.15, 0.2) is 17.6 Å². The number of nitrogens with zero attached hydrogens (tertiary/aromatic N) is 4. The highest BCUT2D eigenvalue weighted by Crippen LogP contribution is 2.30. The Balaban J connectivity index is 1.50. The highest BCUT2D eigenvalue weighted by Gasteiger charge is 2.51. The number of rotatable bonds is 10. The molecule has 1 saturated heterocycles. The van der Waals surface area contributed by atoms with Crippen molar-refractivity contribution in [2.45, 2.75) is 43.1 Å². The standard InChI is InChI=1S/C20H19ClFN5O9S/c21-19-25-14(23)12-15(26-19)27(6-24-12)3-8-11(22)13(28)9(36-8)4-35-20(17(31)32,18(33)34)2-7-1-10(16(29)30)37-5-7/h1,5-6,8-9,11,13,28H,2-4H2,(H,29,30)(H,31,32)(H,33,34)(H2,23,25,26)/t8?,9-,11-,13-/m1/s1. The molecular formula is C20H19ClFN5O9S. The predicted molar refractivity (Wildman–Crippen MR) is 123 cm³/mol. The summed E-state index contributed by atoms with van der Waals surface area (Å²) < 4.78 is 27.1. The van der Waals surface area contributed by atoms with Crippen LogP contribution < -0.4 is 5.73 Å². The van der Waals surface area contributed by atoms with E-state index in [9.17, 15) is 34.1 Å². The number of aliphatic hydroxyl groups is 1. The van der Waals surface area contributed by atoms with Crippen molar-refractivity contribution in [2.75, 3.05) is 12.3 Å². The minimum absolute atomic E-state index is 0.00368. The van der Waals surface area contributed by atoms with Crippen LogP contribution in [0.25, 0.3) is 11.2 Å². The number of aliphatic carboxylic acids is 2. The number of hydrogen-bond acceptors (Lipinski definition) is 11. The second-order valence-electron chi connectivity index (χ2n) is 8.14. The van der Waals surface area contributed by atoms with Gasteiger partial charge in [-0.25, -0.2) is 23.8 Å². The Morgan fingerprint density at radius 2 is 1.95 bits per heavy atom. The van der Waals surface area contributed by atoms with Crippen molar-refractivity contribution in [2.24, 2.45) is 0 Å². The second kappa shape index (κ2) is 10.1. The molecular weight excluding hydrogens is 541 g/mol. The first kappa shape index (κ1) is 26.6. The van der Waals surface area contributed by atoms with Gasteiger partial charge in [-0.1, -0.05) is 0 Å².